The third kappa shape index (κ3) is 14.5. The predicted molar refractivity (Wildman–Crippen MR) is 179 cm³/mol. The van der Waals surface area contributed by atoms with Crippen molar-refractivity contribution in [3.8, 4) is 17.2 Å². The number of esters is 1. The molecule has 1 aromatic carbocycles. The number of hydrogen-bond acceptors (Lipinski definition) is 4. The van der Waals surface area contributed by atoms with Crippen LogP contribution in [0.3, 0.4) is 0 Å². The lowest BCUT2D eigenvalue weighted by Gasteiger charge is -2.42. The van der Waals surface area contributed by atoms with E-state index in [2.05, 4.69) is 84.9 Å². The number of rotatable bonds is 21. The lowest BCUT2D eigenvalue weighted by atomic mass is 10.1. The molecule has 1 rings (SSSR count). The summed E-state index contributed by atoms with van der Waals surface area (Å²) in [4.78, 5) is 12.7. The van der Waals surface area contributed by atoms with Gasteiger partial charge in [-0.05, 0) is 69.0 Å². The van der Waals surface area contributed by atoms with Crippen LogP contribution < -0.4 is 13.9 Å². The van der Waals surface area contributed by atoms with E-state index in [1.165, 1.54) is 12.8 Å². The van der Waals surface area contributed by atoms with Crippen LogP contribution in [0.5, 0.6) is 17.2 Å². The molecule has 0 aromatic heterocycles. The van der Waals surface area contributed by atoms with Gasteiger partial charge in [-0.3, -0.25) is 4.79 Å². The van der Waals surface area contributed by atoms with Gasteiger partial charge in [0.2, 0.25) is 0 Å². The fourth-order valence-corrected chi connectivity index (χ4v) is 10.9. The average Bonchev–Trinajstić information content (AvgIpc) is 2.88. The lowest BCUT2D eigenvalue weighted by Crippen LogP contribution is -2.50. The Morgan fingerprint density at radius 3 is 1.78 bits per heavy atom. The monoisotopic (exact) mass is 584 g/mol. The van der Waals surface area contributed by atoms with Gasteiger partial charge in [0.15, 0.2) is 0 Å². The minimum atomic E-state index is -2.15. The zero-order valence-electron chi connectivity index (χ0n) is 27.7. The number of carbonyl (C=O) groups excluding carboxylic acids is 1. The molecule has 0 spiro atoms. The molecule has 1 aromatic rings. The minimum Gasteiger partial charge on any atom is -0.543 e. The second-order valence-corrected chi connectivity index (χ2v) is 17.7. The van der Waals surface area contributed by atoms with Gasteiger partial charge in [-0.1, -0.05) is 104 Å². The molecular formula is C36H60O4Si. The van der Waals surface area contributed by atoms with Gasteiger partial charge < -0.3 is 13.9 Å². The van der Waals surface area contributed by atoms with Crippen molar-refractivity contribution in [2.75, 3.05) is 0 Å². The van der Waals surface area contributed by atoms with Gasteiger partial charge in [0.05, 0.1) is 6.10 Å². The summed E-state index contributed by atoms with van der Waals surface area (Å²) >= 11 is 0. The van der Waals surface area contributed by atoms with E-state index in [0.29, 0.717) is 34.5 Å². The van der Waals surface area contributed by atoms with Gasteiger partial charge in [0, 0.05) is 24.6 Å². The number of ether oxygens (including phenoxy) is 2. The van der Waals surface area contributed by atoms with E-state index in [0.717, 1.165) is 50.7 Å². The molecule has 0 saturated carbocycles. The molecule has 0 fully saturated rings. The number of benzene rings is 1. The van der Waals surface area contributed by atoms with Gasteiger partial charge >= 0.3 is 5.97 Å². The van der Waals surface area contributed by atoms with E-state index in [1.54, 1.807) is 6.07 Å². The van der Waals surface area contributed by atoms with Gasteiger partial charge in [-0.2, -0.15) is 0 Å². The van der Waals surface area contributed by atoms with Crippen molar-refractivity contribution in [3.05, 3.63) is 54.7 Å². The maximum Gasteiger partial charge on any atom is 0.311 e. The van der Waals surface area contributed by atoms with E-state index in [4.69, 9.17) is 13.9 Å². The second kappa shape index (κ2) is 20.6. The summed E-state index contributed by atoms with van der Waals surface area (Å²) in [7, 11) is -2.15. The first-order valence-corrected chi connectivity index (χ1v) is 18.3. The van der Waals surface area contributed by atoms with E-state index < -0.39 is 8.32 Å². The molecule has 0 unspecified atom stereocenters. The summed E-state index contributed by atoms with van der Waals surface area (Å²) in [5.74, 6) is 1.72. The summed E-state index contributed by atoms with van der Waals surface area (Å²) in [5, 5.41) is 0. The normalized spacial score (nSPS) is 12.7. The minimum absolute atomic E-state index is 0.0152. The molecule has 232 valence electrons. The van der Waals surface area contributed by atoms with Gasteiger partial charge in [-0.15, -0.1) is 0 Å². The molecular weight excluding hydrogens is 524 g/mol. The van der Waals surface area contributed by atoms with Crippen molar-refractivity contribution in [3.63, 3.8) is 0 Å². The molecule has 0 saturated heterocycles. The quantitative estimate of drug-likeness (QED) is 0.0474. The lowest BCUT2D eigenvalue weighted by molar-refractivity contribution is -0.134. The first-order valence-electron chi connectivity index (χ1n) is 16.2. The number of carbonyl (C=O) groups is 1. The molecule has 5 heteroatoms. The molecule has 0 amide bonds. The zero-order chi connectivity index (χ0) is 30.7. The van der Waals surface area contributed by atoms with E-state index in [9.17, 15) is 4.79 Å². The van der Waals surface area contributed by atoms with Crippen molar-refractivity contribution < 1.29 is 18.7 Å². The standard InChI is InChI=1S/C36H60O4Si/c1-10-11-12-13-14-15-16-17-18-19-20-21-22-23-24-25-36(37)39-34-26-33(38-29(2)3)27-35(28-34)40-41(30(4)5,31(6)7)32(8)9/h11-12,14-15,17-18,26-32H,10,13,16,19-25H2,1-9H3. The summed E-state index contributed by atoms with van der Waals surface area (Å²) < 4.78 is 18.7. The average molecular weight is 585 g/mol. The van der Waals surface area contributed by atoms with Gasteiger partial charge in [0.25, 0.3) is 8.32 Å². The number of hydrogen-bond donors (Lipinski definition) is 0. The van der Waals surface area contributed by atoms with Crippen LogP contribution in [0.15, 0.2) is 54.7 Å². The Balaban J connectivity index is 2.56. The van der Waals surface area contributed by atoms with Crippen LogP contribution in [-0.2, 0) is 4.79 Å². The van der Waals surface area contributed by atoms with Crippen LogP contribution in [-0.4, -0.2) is 20.4 Å². The highest BCUT2D eigenvalue weighted by Gasteiger charge is 2.47. The Morgan fingerprint density at radius 1 is 0.683 bits per heavy atom. The second-order valence-electron chi connectivity index (χ2n) is 12.3. The highest BCUT2D eigenvalue weighted by atomic mass is 28.4. The zero-order valence-corrected chi connectivity index (χ0v) is 28.7. The van der Waals surface area contributed by atoms with Crippen molar-refractivity contribution in [1.82, 2.24) is 0 Å². The SMILES string of the molecule is CCC=CCC=CCC=CCCCCCCCC(=O)Oc1cc(OC(C)C)cc(O[Si](C(C)C)(C(C)C)C(C)C)c1. The Kier molecular flexibility index (Phi) is 18.4. The molecule has 41 heavy (non-hydrogen) atoms. The number of allylic oxidation sites excluding steroid dienone is 6. The van der Waals surface area contributed by atoms with Gasteiger partial charge in [0.1, 0.15) is 17.2 Å². The predicted octanol–water partition coefficient (Wildman–Crippen LogP) is 11.5. The maximum absolute atomic E-state index is 12.7. The van der Waals surface area contributed by atoms with Crippen molar-refractivity contribution in [1.29, 1.82) is 0 Å². The van der Waals surface area contributed by atoms with Gasteiger partial charge in [-0.25, -0.2) is 0 Å². The molecule has 0 aliphatic rings. The largest absolute Gasteiger partial charge is 0.543 e. The van der Waals surface area contributed by atoms with E-state index >= 15 is 0 Å². The molecule has 0 bridgehead atoms. The van der Waals surface area contributed by atoms with Crippen LogP contribution >= 0.6 is 0 Å². The molecule has 0 N–H and O–H groups in total. The third-order valence-corrected chi connectivity index (χ3v) is 13.5. The molecule has 0 aliphatic heterocycles. The summed E-state index contributed by atoms with van der Waals surface area (Å²) in [6.07, 6.45) is 23.6. The fourth-order valence-electron chi connectivity index (χ4n) is 5.63. The van der Waals surface area contributed by atoms with Crippen molar-refractivity contribution in [2.24, 2.45) is 0 Å². The van der Waals surface area contributed by atoms with Crippen LogP contribution in [0.4, 0.5) is 0 Å². The van der Waals surface area contributed by atoms with Crippen molar-refractivity contribution >= 4 is 14.3 Å². The first-order chi connectivity index (χ1) is 19.5. The fraction of sp³-hybridized carbons (Fsp3) is 0.639. The Bertz CT molecular complexity index is 921. The molecule has 0 atom stereocenters. The summed E-state index contributed by atoms with van der Waals surface area (Å²) in [5.41, 5.74) is 1.33. The van der Waals surface area contributed by atoms with Crippen LogP contribution in [0, 0.1) is 0 Å². The summed E-state index contributed by atoms with van der Waals surface area (Å²) in [6, 6.07) is 5.62. The summed E-state index contributed by atoms with van der Waals surface area (Å²) in [6.45, 7) is 19.8. The number of unbranched alkanes of at least 4 members (excludes halogenated alkanes) is 5. The highest BCUT2D eigenvalue weighted by Crippen LogP contribution is 2.44. The highest BCUT2D eigenvalue weighted by molar-refractivity contribution is 6.78. The van der Waals surface area contributed by atoms with Crippen LogP contribution in [0.1, 0.15) is 127 Å². The Morgan fingerprint density at radius 2 is 1.20 bits per heavy atom. The van der Waals surface area contributed by atoms with Crippen LogP contribution in [0.25, 0.3) is 0 Å². The smallest absolute Gasteiger partial charge is 0.311 e. The topological polar surface area (TPSA) is 44.8 Å². The Labute approximate surface area is 253 Å². The molecule has 0 aliphatic carbocycles. The molecule has 4 nitrogen and oxygen atoms in total. The molecule has 0 heterocycles. The Hall–Kier alpha value is -2.27. The van der Waals surface area contributed by atoms with E-state index in [1.807, 2.05) is 26.0 Å². The molecule has 0 radical (unpaired) electrons. The van der Waals surface area contributed by atoms with Crippen molar-refractivity contribution in [2.45, 2.75) is 149 Å². The third-order valence-electron chi connectivity index (χ3n) is 7.49. The van der Waals surface area contributed by atoms with E-state index in [-0.39, 0.29) is 12.1 Å². The van der Waals surface area contributed by atoms with Crippen LogP contribution in [0.2, 0.25) is 16.6 Å². The maximum atomic E-state index is 12.7. The first kappa shape index (κ1) is 36.8.